The van der Waals surface area contributed by atoms with Gasteiger partial charge in [0, 0.05) is 24.3 Å². The Hall–Kier alpha value is -3.36. The molecule has 0 saturated carbocycles. The third-order valence-corrected chi connectivity index (χ3v) is 4.25. The van der Waals surface area contributed by atoms with Crippen molar-refractivity contribution in [3.63, 3.8) is 0 Å². The Labute approximate surface area is 171 Å². The van der Waals surface area contributed by atoms with Crippen LogP contribution >= 0.6 is 0 Å². The molecule has 0 fully saturated rings. The number of nitrogens with zero attached hydrogens (tertiary/aromatic N) is 1. The van der Waals surface area contributed by atoms with Gasteiger partial charge in [-0.2, -0.15) is 13.2 Å². The molecule has 30 heavy (non-hydrogen) atoms. The zero-order valence-electron chi connectivity index (χ0n) is 16.5. The number of esters is 1. The number of rotatable bonds is 7. The lowest BCUT2D eigenvalue weighted by atomic mass is 10.1. The van der Waals surface area contributed by atoms with E-state index in [1.54, 1.807) is 29.2 Å². The normalized spacial score (nSPS) is 11.0. The Morgan fingerprint density at radius 2 is 1.43 bits per heavy atom. The highest BCUT2D eigenvalue weighted by molar-refractivity contribution is 5.97. The number of hydrogen-bond acceptors (Lipinski definition) is 4. The Morgan fingerprint density at radius 1 is 0.900 bits per heavy atom. The van der Waals surface area contributed by atoms with Gasteiger partial charge in [-0.15, -0.1) is 0 Å². The fraction of sp³-hybridized carbons (Fsp3) is 0.286. The van der Waals surface area contributed by atoms with E-state index in [4.69, 9.17) is 4.74 Å². The molecule has 2 rings (SSSR count). The van der Waals surface area contributed by atoms with Gasteiger partial charge in [-0.3, -0.25) is 9.59 Å². The van der Waals surface area contributed by atoms with Crippen LogP contribution in [0.2, 0.25) is 0 Å². The maximum atomic E-state index is 12.5. The van der Waals surface area contributed by atoms with E-state index in [9.17, 15) is 27.6 Å². The molecule has 1 N–H and O–H groups in total. The van der Waals surface area contributed by atoms with Gasteiger partial charge in [-0.05, 0) is 62.4 Å². The largest absolute Gasteiger partial charge is 0.452 e. The van der Waals surface area contributed by atoms with Crippen LogP contribution < -0.4 is 5.32 Å². The van der Waals surface area contributed by atoms with Crippen molar-refractivity contribution < 1.29 is 32.3 Å². The highest BCUT2D eigenvalue weighted by Gasteiger charge is 2.30. The molecule has 0 atom stereocenters. The van der Waals surface area contributed by atoms with Gasteiger partial charge in [0.05, 0.1) is 11.1 Å². The van der Waals surface area contributed by atoms with Crippen LogP contribution in [0.15, 0.2) is 48.5 Å². The van der Waals surface area contributed by atoms with Crippen molar-refractivity contribution in [2.45, 2.75) is 20.0 Å². The minimum atomic E-state index is -4.51. The molecule has 2 amide bonds. The first-order valence-corrected chi connectivity index (χ1v) is 9.19. The van der Waals surface area contributed by atoms with Crippen LogP contribution in [0.1, 0.15) is 40.1 Å². The molecule has 0 aromatic heterocycles. The number of benzene rings is 2. The molecule has 0 aliphatic rings. The van der Waals surface area contributed by atoms with Crippen LogP contribution in [0.5, 0.6) is 0 Å². The SMILES string of the molecule is CCN(CC)C(=O)c1ccc(NC(=O)COC(=O)c2ccc(C(F)(F)F)cc2)cc1. The molecule has 0 bridgehead atoms. The first-order valence-electron chi connectivity index (χ1n) is 9.19. The Kier molecular flexibility index (Phi) is 7.57. The third kappa shape index (κ3) is 6.07. The maximum Gasteiger partial charge on any atom is 0.416 e. The molecule has 0 radical (unpaired) electrons. The van der Waals surface area contributed by atoms with Crippen LogP contribution in [-0.2, 0) is 15.7 Å². The van der Waals surface area contributed by atoms with E-state index in [-0.39, 0.29) is 11.5 Å². The lowest BCUT2D eigenvalue weighted by Crippen LogP contribution is -2.30. The van der Waals surface area contributed by atoms with Gasteiger partial charge in [0.1, 0.15) is 0 Å². The maximum absolute atomic E-state index is 12.5. The molecular formula is C21H21F3N2O4. The van der Waals surface area contributed by atoms with Gasteiger partial charge in [0.25, 0.3) is 11.8 Å². The van der Waals surface area contributed by atoms with E-state index in [0.29, 0.717) is 24.3 Å². The number of ether oxygens (including phenoxy) is 1. The number of anilines is 1. The topological polar surface area (TPSA) is 75.7 Å². The summed E-state index contributed by atoms with van der Waals surface area (Å²) in [6.45, 7) is 4.31. The van der Waals surface area contributed by atoms with Gasteiger partial charge in [-0.1, -0.05) is 0 Å². The molecule has 2 aromatic carbocycles. The van der Waals surface area contributed by atoms with Crippen LogP contribution in [0.4, 0.5) is 18.9 Å². The number of alkyl halides is 3. The Morgan fingerprint density at radius 3 is 1.93 bits per heavy atom. The summed E-state index contributed by atoms with van der Waals surface area (Å²) >= 11 is 0. The fourth-order valence-corrected chi connectivity index (χ4v) is 2.60. The monoisotopic (exact) mass is 422 g/mol. The van der Waals surface area contributed by atoms with Crippen molar-refractivity contribution in [1.29, 1.82) is 0 Å². The molecule has 9 heteroatoms. The van der Waals surface area contributed by atoms with Gasteiger partial charge in [0.2, 0.25) is 0 Å². The van der Waals surface area contributed by atoms with Gasteiger partial charge < -0.3 is 15.0 Å². The Balaban J connectivity index is 1.88. The molecule has 160 valence electrons. The molecular weight excluding hydrogens is 401 g/mol. The lowest BCUT2D eigenvalue weighted by molar-refractivity contribution is -0.137. The number of hydrogen-bond donors (Lipinski definition) is 1. The smallest absolute Gasteiger partial charge is 0.416 e. The molecule has 0 spiro atoms. The van der Waals surface area contributed by atoms with E-state index in [1.165, 1.54) is 0 Å². The lowest BCUT2D eigenvalue weighted by Gasteiger charge is -2.18. The molecule has 0 aliphatic heterocycles. The van der Waals surface area contributed by atoms with E-state index >= 15 is 0 Å². The summed E-state index contributed by atoms with van der Waals surface area (Å²) in [7, 11) is 0. The van der Waals surface area contributed by atoms with Crippen LogP contribution in [0.3, 0.4) is 0 Å². The third-order valence-electron chi connectivity index (χ3n) is 4.25. The number of carbonyl (C=O) groups is 3. The molecule has 0 aliphatic carbocycles. The van der Waals surface area contributed by atoms with Crippen molar-refractivity contribution in [1.82, 2.24) is 4.90 Å². The molecule has 0 saturated heterocycles. The van der Waals surface area contributed by atoms with Crippen LogP contribution in [-0.4, -0.2) is 42.4 Å². The second-order valence-electron chi connectivity index (χ2n) is 6.25. The first kappa shape index (κ1) is 22.9. The molecule has 6 nitrogen and oxygen atoms in total. The summed E-state index contributed by atoms with van der Waals surface area (Å²) < 4.78 is 42.4. The highest BCUT2D eigenvalue weighted by atomic mass is 19.4. The average molecular weight is 422 g/mol. The van der Waals surface area contributed by atoms with Crippen LogP contribution in [0, 0.1) is 0 Å². The summed E-state index contributed by atoms with van der Waals surface area (Å²) in [6.07, 6.45) is -4.51. The van der Waals surface area contributed by atoms with E-state index in [0.717, 1.165) is 24.3 Å². The number of carbonyl (C=O) groups excluding carboxylic acids is 3. The number of amides is 2. The van der Waals surface area contributed by atoms with Crippen molar-refractivity contribution in [3.8, 4) is 0 Å². The second kappa shape index (κ2) is 9.91. The molecule has 0 unspecified atom stereocenters. The van der Waals surface area contributed by atoms with Crippen molar-refractivity contribution in [2.75, 3.05) is 25.0 Å². The first-order chi connectivity index (χ1) is 14.2. The quantitative estimate of drug-likeness (QED) is 0.685. The summed E-state index contributed by atoms with van der Waals surface area (Å²) in [4.78, 5) is 37.7. The van der Waals surface area contributed by atoms with Crippen molar-refractivity contribution >= 4 is 23.5 Å². The zero-order chi connectivity index (χ0) is 22.3. The van der Waals surface area contributed by atoms with Gasteiger partial charge in [0.15, 0.2) is 6.61 Å². The summed E-state index contributed by atoms with van der Waals surface area (Å²) in [6, 6.07) is 9.73. The van der Waals surface area contributed by atoms with Gasteiger partial charge in [-0.25, -0.2) is 4.79 Å². The molecule has 0 heterocycles. The van der Waals surface area contributed by atoms with E-state index in [2.05, 4.69) is 5.32 Å². The standard InChI is InChI=1S/C21H21F3N2O4/c1-3-26(4-2)19(28)14-7-11-17(12-8-14)25-18(27)13-30-20(29)15-5-9-16(10-6-15)21(22,23)24/h5-12H,3-4,13H2,1-2H3,(H,25,27). The average Bonchev–Trinajstić information content (AvgIpc) is 2.73. The number of nitrogens with one attached hydrogen (secondary N) is 1. The van der Waals surface area contributed by atoms with Crippen molar-refractivity contribution in [3.05, 3.63) is 65.2 Å². The fourth-order valence-electron chi connectivity index (χ4n) is 2.60. The zero-order valence-corrected chi connectivity index (χ0v) is 16.5. The van der Waals surface area contributed by atoms with Crippen LogP contribution in [0.25, 0.3) is 0 Å². The predicted octanol–water partition coefficient (Wildman–Crippen LogP) is 3.98. The highest BCUT2D eigenvalue weighted by Crippen LogP contribution is 2.29. The predicted molar refractivity (Wildman–Crippen MR) is 104 cm³/mol. The van der Waals surface area contributed by atoms with E-state index < -0.39 is 30.2 Å². The van der Waals surface area contributed by atoms with Gasteiger partial charge >= 0.3 is 12.1 Å². The second-order valence-corrected chi connectivity index (χ2v) is 6.25. The van der Waals surface area contributed by atoms with E-state index in [1.807, 2.05) is 13.8 Å². The Bertz CT molecular complexity index is 890. The molecule has 2 aromatic rings. The van der Waals surface area contributed by atoms with Crippen molar-refractivity contribution in [2.24, 2.45) is 0 Å². The summed E-state index contributed by atoms with van der Waals surface area (Å²) in [5, 5.41) is 2.51. The minimum absolute atomic E-state index is 0.102. The summed E-state index contributed by atoms with van der Waals surface area (Å²) in [5.74, 6) is -1.67. The minimum Gasteiger partial charge on any atom is -0.452 e. The number of halogens is 3. The summed E-state index contributed by atoms with van der Waals surface area (Å²) in [5.41, 5.74) is -0.109.